The second kappa shape index (κ2) is 8.84. The molecule has 8 heteroatoms. The van der Waals surface area contributed by atoms with Crippen molar-refractivity contribution in [3.8, 4) is 0 Å². The SMILES string of the molecule is Cc1ccc(CC(=O)c2ccc(C3=NOC(c4cc(Cl)cc(Cl)c4)(C(F)(F)F)C3)cc2)cc1. The zero-order chi connectivity index (χ0) is 23.8. The van der Waals surface area contributed by atoms with E-state index < -0.39 is 18.2 Å². The summed E-state index contributed by atoms with van der Waals surface area (Å²) in [5.74, 6) is -0.0896. The number of hydrogen-bond acceptors (Lipinski definition) is 3. The number of benzene rings is 3. The van der Waals surface area contributed by atoms with E-state index in [1.165, 1.54) is 18.2 Å². The maximum Gasteiger partial charge on any atom is 0.435 e. The van der Waals surface area contributed by atoms with Gasteiger partial charge in [0.05, 0.1) is 5.71 Å². The van der Waals surface area contributed by atoms with Crippen molar-refractivity contribution in [3.63, 3.8) is 0 Å². The molecule has 0 saturated heterocycles. The van der Waals surface area contributed by atoms with Gasteiger partial charge >= 0.3 is 6.18 Å². The van der Waals surface area contributed by atoms with E-state index in [2.05, 4.69) is 5.16 Å². The van der Waals surface area contributed by atoms with Crippen LogP contribution in [0.25, 0.3) is 0 Å². The predicted molar refractivity (Wildman–Crippen MR) is 122 cm³/mol. The number of alkyl halides is 3. The summed E-state index contributed by atoms with van der Waals surface area (Å²) in [6.45, 7) is 1.97. The Hall–Kier alpha value is -2.83. The molecule has 0 radical (unpaired) electrons. The standard InChI is InChI=1S/C25H18Cl2F3NO2/c1-15-2-4-16(5-3-15)10-23(32)18-8-6-17(7-9-18)22-14-24(33-31-22,25(28,29)30)19-11-20(26)13-21(27)12-19/h2-9,11-13H,10,14H2,1H3. The lowest BCUT2D eigenvalue weighted by Crippen LogP contribution is -2.42. The number of ketones is 1. The van der Waals surface area contributed by atoms with Crippen LogP contribution in [0.4, 0.5) is 13.2 Å². The molecule has 0 N–H and O–H groups in total. The van der Waals surface area contributed by atoms with Gasteiger partial charge < -0.3 is 4.84 Å². The van der Waals surface area contributed by atoms with Crippen LogP contribution in [0.5, 0.6) is 0 Å². The second-order valence-electron chi connectivity index (χ2n) is 7.95. The van der Waals surface area contributed by atoms with E-state index in [-0.39, 0.29) is 33.5 Å². The van der Waals surface area contributed by atoms with Gasteiger partial charge in [0.2, 0.25) is 0 Å². The van der Waals surface area contributed by atoms with Gasteiger partial charge in [-0.3, -0.25) is 4.79 Å². The monoisotopic (exact) mass is 491 g/mol. The summed E-state index contributed by atoms with van der Waals surface area (Å²) in [7, 11) is 0. The van der Waals surface area contributed by atoms with Crippen LogP contribution >= 0.6 is 23.2 Å². The van der Waals surface area contributed by atoms with Crippen LogP contribution in [-0.2, 0) is 16.9 Å². The lowest BCUT2D eigenvalue weighted by Gasteiger charge is -2.29. The minimum atomic E-state index is -4.77. The number of halogens is 5. The van der Waals surface area contributed by atoms with Crippen LogP contribution in [0.2, 0.25) is 10.0 Å². The molecule has 3 aromatic rings. The molecule has 0 spiro atoms. The van der Waals surface area contributed by atoms with Gasteiger partial charge in [0.15, 0.2) is 5.78 Å². The van der Waals surface area contributed by atoms with Crippen LogP contribution in [0.3, 0.4) is 0 Å². The molecular weight excluding hydrogens is 474 g/mol. The molecule has 1 aliphatic rings. The fraction of sp³-hybridized carbons (Fsp3) is 0.200. The van der Waals surface area contributed by atoms with Crippen LogP contribution in [0.1, 0.15) is 39.0 Å². The van der Waals surface area contributed by atoms with Gasteiger partial charge in [-0.15, -0.1) is 0 Å². The van der Waals surface area contributed by atoms with Crippen molar-refractivity contribution in [2.75, 3.05) is 0 Å². The fourth-order valence-electron chi connectivity index (χ4n) is 3.69. The fourth-order valence-corrected chi connectivity index (χ4v) is 4.21. The molecule has 0 aromatic heterocycles. The minimum absolute atomic E-state index is 0.0645. The highest BCUT2D eigenvalue weighted by atomic mass is 35.5. The summed E-state index contributed by atoms with van der Waals surface area (Å²) in [4.78, 5) is 17.6. The van der Waals surface area contributed by atoms with E-state index in [0.29, 0.717) is 11.1 Å². The molecule has 0 aliphatic carbocycles. The lowest BCUT2D eigenvalue weighted by molar-refractivity contribution is -0.275. The highest BCUT2D eigenvalue weighted by Gasteiger charge is 2.62. The number of aryl methyl sites for hydroxylation is 1. The molecule has 3 nitrogen and oxygen atoms in total. The third-order valence-electron chi connectivity index (χ3n) is 5.54. The topological polar surface area (TPSA) is 38.7 Å². The Morgan fingerprint density at radius 3 is 2.18 bits per heavy atom. The maximum atomic E-state index is 14.1. The van der Waals surface area contributed by atoms with Crippen molar-refractivity contribution in [1.29, 1.82) is 0 Å². The average molecular weight is 492 g/mol. The van der Waals surface area contributed by atoms with Crippen molar-refractivity contribution >= 4 is 34.7 Å². The van der Waals surface area contributed by atoms with E-state index in [9.17, 15) is 18.0 Å². The summed E-state index contributed by atoms with van der Waals surface area (Å²) in [6.07, 6.45) is -5.09. The first-order valence-electron chi connectivity index (χ1n) is 10.0. The average Bonchev–Trinajstić information content (AvgIpc) is 3.22. The lowest BCUT2D eigenvalue weighted by atomic mass is 9.86. The van der Waals surface area contributed by atoms with Crippen molar-refractivity contribution in [2.24, 2.45) is 5.16 Å². The Morgan fingerprint density at radius 1 is 1.00 bits per heavy atom. The number of nitrogens with zero attached hydrogens (tertiary/aromatic N) is 1. The summed E-state index contributed by atoms with van der Waals surface area (Å²) in [6, 6.07) is 17.7. The summed E-state index contributed by atoms with van der Waals surface area (Å²) in [5.41, 5.74) is 0.0702. The van der Waals surface area contributed by atoms with Crippen molar-refractivity contribution in [3.05, 3.63) is 105 Å². The molecule has 4 rings (SSSR count). The number of carbonyl (C=O) groups is 1. The van der Waals surface area contributed by atoms with Gasteiger partial charge in [0, 0.05) is 34.0 Å². The van der Waals surface area contributed by atoms with E-state index in [1.807, 2.05) is 31.2 Å². The highest BCUT2D eigenvalue weighted by molar-refractivity contribution is 6.34. The summed E-state index contributed by atoms with van der Waals surface area (Å²) < 4.78 is 42.4. The molecule has 1 aliphatic heterocycles. The highest BCUT2D eigenvalue weighted by Crippen LogP contribution is 2.49. The summed E-state index contributed by atoms with van der Waals surface area (Å²) >= 11 is 11.9. The second-order valence-corrected chi connectivity index (χ2v) is 8.82. The number of Topliss-reactive ketones (excluding diaryl/α,β-unsaturated/α-hetero) is 1. The van der Waals surface area contributed by atoms with Crippen LogP contribution < -0.4 is 0 Å². The largest absolute Gasteiger partial charge is 0.435 e. The Morgan fingerprint density at radius 2 is 1.61 bits per heavy atom. The number of oxime groups is 1. The molecule has 3 aromatic carbocycles. The molecule has 1 unspecified atom stereocenters. The Labute approximate surface area is 198 Å². The van der Waals surface area contributed by atoms with E-state index in [0.717, 1.165) is 11.1 Å². The van der Waals surface area contributed by atoms with Crippen molar-refractivity contribution in [1.82, 2.24) is 0 Å². The molecule has 0 bridgehead atoms. The van der Waals surface area contributed by atoms with Gasteiger partial charge in [-0.05, 0) is 36.2 Å². The Kier molecular flexibility index (Phi) is 6.25. The van der Waals surface area contributed by atoms with Crippen LogP contribution in [0.15, 0.2) is 71.9 Å². The first kappa shape index (κ1) is 23.3. The Balaban J connectivity index is 1.55. The molecule has 0 saturated carbocycles. The zero-order valence-electron chi connectivity index (χ0n) is 17.4. The van der Waals surface area contributed by atoms with Crippen molar-refractivity contribution < 1.29 is 22.8 Å². The Bertz CT molecular complexity index is 1200. The van der Waals surface area contributed by atoms with E-state index in [4.69, 9.17) is 28.0 Å². The molecule has 170 valence electrons. The number of carbonyl (C=O) groups excluding carboxylic acids is 1. The third-order valence-corrected chi connectivity index (χ3v) is 5.98. The van der Waals surface area contributed by atoms with Gasteiger partial charge in [0.1, 0.15) is 0 Å². The first-order chi connectivity index (χ1) is 15.6. The number of hydrogen-bond donors (Lipinski definition) is 0. The first-order valence-corrected chi connectivity index (χ1v) is 10.8. The van der Waals surface area contributed by atoms with Crippen LogP contribution in [-0.4, -0.2) is 17.7 Å². The maximum absolute atomic E-state index is 14.1. The number of rotatable bonds is 5. The molecule has 1 atom stereocenters. The van der Waals surface area contributed by atoms with Gasteiger partial charge in [0.25, 0.3) is 5.60 Å². The molecule has 1 heterocycles. The van der Waals surface area contributed by atoms with Crippen LogP contribution in [0, 0.1) is 6.92 Å². The minimum Gasteiger partial charge on any atom is -0.374 e. The van der Waals surface area contributed by atoms with Gasteiger partial charge in [-0.25, -0.2) is 0 Å². The van der Waals surface area contributed by atoms with Gasteiger partial charge in [-0.1, -0.05) is 82.5 Å². The normalized spacial score (nSPS) is 18.1. The van der Waals surface area contributed by atoms with Gasteiger partial charge in [-0.2, -0.15) is 13.2 Å². The molecule has 33 heavy (non-hydrogen) atoms. The van der Waals surface area contributed by atoms with E-state index >= 15 is 0 Å². The zero-order valence-corrected chi connectivity index (χ0v) is 18.9. The predicted octanol–water partition coefficient (Wildman–Crippen LogP) is 7.31. The quantitative estimate of drug-likeness (QED) is 0.351. The van der Waals surface area contributed by atoms with E-state index in [1.54, 1.807) is 24.3 Å². The smallest absolute Gasteiger partial charge is 0.374 e. The molecule has 0 fully saturated rings. The molecular formula is C25H18Cl2F3NO2. The molecule has 0 amide bonds. The van der Waals surface area contributed by atoms with Crippen molar-refractivity contribution in [2.45, 2.75) is 31.5 Å². The third kappa shape index (κ3) is 4.77. The summed E-state index contributed by atoms with van der Waals surface area (Å²) in [5, 5.41) is 3.87.